The Kier molecular flexibility index (Phi) is 3.75. The van der Waals surface area contributed by atoms with Crippen molar-refractivity contribution in [2.75, 3.05) is 5.32 Å². The number of hydrogen-bond acceptors (Lipinski definition) is 3. The highest BCUT2D eigenvalue weighted by molar-refractivity contribution is 6.31. The number of amides is 1. The molecule has 0 aromatic heterocycles. The summed E-state index contributed by atoms with van der Waals surface area (Å²) in [5, 5.41) is 11.1. The van der Waals surface area contributed by atoms with Gasteiger partial charge in [0.1, 0.15) is 11.5 Å². The molecule has 98 valence electrons. The van der Waals surface area contributed by atoms with E-state index >= 15 is 0 Å². The van der Waals surface area contributed by atoms with E-state index in [2.05, 4.69) is 0 Å². The van der Waals surface area contributed by atoms with Crippen LogP contribution in [0.2, 0.25) is 5.02 Å². The van der Waals surface area contributed by atoms with Gasteiger partial charge in [-0.25, -0.2) is 4.39 Å². The van der Waals surface area contributed by atoms with Crippen molar-refractivity contribution < 1.29 is 27.3 Å². The summed E-state index contributed by atoms with van der Waals surface area (Å²) in [5.74, 6) is -3.65. The number of hydrogen-bond donors (Lipinski definition) is 1. The summed E-state index contributed by atoms with van der Waals surface area (Å²) in [5.41, 5.74) is -1.87. The van der Waals surface area contributed by atoms with Crippen molar-refractivity contribution in [1.82, 2.24) is 0 Å². The molecular weight excluding hydrogens is 284 g/mol. The lowest BCUT2D eigenvalue weighted by Crippen LogP contribution is -2.30. The van der Waals surface area contributed by atoms with E-state index in [0.717, 1.165) is 0 Å². The zero-order chi connectivity index (χ0) is 14.1. The first kappa shape index (κ1) is 14.2. The van der Waals surface area contributed by atoms with Gasteiger partial charge in [0.15, 0.2) is 0 Å². The molecule has 18 heavy (non-hydrogen) atoms. The second-order valence-corrected chi connectivity index (χ2v) is 3.40. The lowest BCUT2D eigenvalue weighted by atomic mass is 10.2. The third-order valence-electron chi connectivity index (χ3n) is 1.74. The van der Waals surface area contributed by atoms with Gasteiger partial charge in [0.05, 0.1) is 9.95 Å². The molecular formula is C8H3ClF4N2O3. The highest BCUT2D eigenvalue weighted by Crippen LogP contribution is 2.31. The zero-order valence-corrected chi connectivity index (χ0v) is 8.97. The normalized spacial score (nSPS) is 11.2. The van der Waals surface area contributed by atoms with Crippen molar-refractivity contribution in [3.8, 4) is 0 Å². The summed E-state index contributed by atoms with van der Waals surface area (Å²) in [6.07, 6.45) is -5.25. The number of nitrogens with one attached hydrogen (secondary N) is 1. The first-order chi connectivity index (χ1) is 8.12. The number of carbonyl (C=O) groups is 1. The summed E-state index contributed by atoms with van der Waals surface area (Å²) in [4.78, 5) is 20.0. The molecule has 0 aliphatic carbocycles. The highest BCUT2D eigenvalue weighted by atomic mass is 35.5. The molecule has 5 nitrogen and oxygen atoms in total. The summed E-state index contributed by atoms with van der Waals surface area (Å²) in [6.45, 7) is 0. The molecule has 10 heteroatoms. The second-order valence-electron chi connectivity index (χ2n) is 2.99. The Balaban J connectivity index is 3.20. The fourth-order valence-electron chi connectivity index (χ4n) is 0.981. The molecule has 0 saturated carbocycles. The number of halogens is 5. The van der Waals surface area contributed by atoms with Crippen LogP contribution in [0, 0.1) is 15.9 Å². The van der Waals surface area contributed by atoms with Crippen LogP contribution in [-0.4, -0.2) is 17.0 Å². The monoisotopic (exact) mass is 286 g/mol. The molecule has 0 heterocycles. The molecule has 0 radical (unpaired) electrons. The van der Waals surface area contributed by atoms with Crippen LogP contribution in [0.3, 0.4) is 0 Å². The average molecular weight is 287 g/mol. The van der Waals surface area contributed by atoms with Gasteiger partial charge >= 0.3 is 12.1 Å². The van der Waals surface area contributed by atoms with Gasteiger partial charge in [0.25, 0.3) is 5.69 Å². The second kappa shape index (κ2) is 4.77. The molecule has 1 aromatic carbocycles. The van der Waals surface area contributed by atoms with Crippen molar-refractivity contribution in [2.24, 2.45) is 0 Å². The van der Waals surface area contributed by atoms with Crippen LogP contribution in [0.4, 0.5) is 28.9 Å². The van der Waals surface area contributed by atoms with E-state index in [1.165, 1.54) is 5.32 Å². The maximum absolute atomic E-state index is 13.0. The molecule has 1 N–H and O–H groups in total. The molecule has 0 atom stereocenters. The molecule has 0 saturated heterocycles. The zero-order valence-electron chi connectivity index (χ0n) is 8.22. The molecule has 1 rings (SSSR count). The molecule has 0 unspecified atom stereocenters. The van der Waals surface area contributed by atoms with E-state index < -0.39 is 39.2 Å². The molecule has 1 aromatic rings. The first-order valence-corrected chi connectivity index (χ1v) is 4.52. The number of nitrogens with zero attached hydrogens (tertiary/aromatic N) is 1. The van der Waals surface area contributed by atoms with Crippen LogP contribution in [0.15, 0.2) is 12.1 Å². The lowest BCUT2D eigenvalue weighted by Gasteiger charge is -2.08. The largest absolute Gasteiger partial charge is 0.471 e. The minimum Gasteiger partial charge on any atom is -0.312 e. The fraction of sp³-hybridized carbons (Fsp3) is 0.125. The van der Waals surface area contributed by atoms with Crippen LogP contribution in [0.1, 0.15) is 0 Å². The summed E-state index contributed by atoms with van der Waals surface area (Å²) in [7, 11) is 0. The number of rotatable bonds is 2. The molecule has 1 amide bonds. The summed E-state index contributed by atoms with van der Waals surface area (Å²) in [6, 6.07) is 0.840. The number of nitro benzene ring substituents is 1. The van der Waals surface area contributed by atoms with Gasteiger partial charge in [-0.3, -0.25) is 14.9 Å². The predicted octanol–water partition coefficient (Wildman–Crippen LogP) is 2.89. The quantitative estimate of drug-likeness (QED) is 0.516. The number of alkyl halides is 3. The fourth-order valence-corrected chi connectivity index (χ4v) is 1.14. The number of anilines is 1. The maximum Gasteiger partial charge on any atom is 0.471 e. The van der Waals surface area contributed by atoms with Crippen LogP contribution < -0.4 is 5.32 Å². The third-order valence-corrected chi connectivity index (χ3v) is 2.03. The standard InChI is InChI=1S/C8H3ClF4N2O3/c9-3-1-6(15(17)18)5(2-4(3)10)14-7(16)8(11,12)13/h1-2H,(H,14,16). The van der Waals surface area contributed by atoms with Gasteiger partial charge < -0.3 is 5.32 Å². The maximum atomic E-state index is 13.0. The smallest absolute Gasteiger partial charge is 0.312 e. The average Bonchev–Trinajstić information content (AvgIpc) is 2.21. The van der Waals surface area contributed by atoms with E-state index in [1.807, 2.05) is 0 Å². The predicted molar refractivity (Wildman–Crippen MR) is 52.7 cm³/mol. The molecule has 0 spiro atoms. The van der Waals surface area contributed by atoms with Crippen LogP contribution in [0.25, 0.3) is 0 Å². The van der Waals surface area contributed by atoms with Crippen molar-refractivity contribution in [2.45, 2.75) is 6.18 Å². The number of carbonyl (C=O) groups excluding carboxylic acids is 1. The third kappa shape index (κ3) is 3.06. The Morgan fingerprint density at radius 2 is 1.94 bits per heavy atom. The van der Waals surface area contributed by atoms with E-state index in [-0.39, 0.29) is 0 Å². The van der Waals surface area contributed by atoms with Crippen LogP contribution in [-0.2, 0) is 4.79 Å². The number of nitro groups is 1. The van der Waals surface area contributed by atoms with Gasteiger partial charge in [-0.05, 0) is 0 Å². The van der Waals surface area contributed by atoms with Gasteiger partial charge in [-0.2, -0.15) is 13.2 Å². The van der Waals surface area contributed by atoms with Gasteiger partial charge in [0, 0.05) is 12.1 Å². The molecule has 0 aliphatic rings. The summed E-state index contributed by atoms with van der Waals surface area (Å²) < 4.78 is 48.8. The van der Waals surface area contributed by atoms with E-state index in [1.54, 1.807) is 0 Å². The highest BCUT2D eigenvalue weighted by Gasteiger charge is 2.39. The minimum absolute atomic E-state index is 0.337. The Morgan fingerprint density at radius 1 is 1.39 bits per heavy atom. The SMILES string of the molecule is O=C(Nc1cc(F)c(Cl)cc1[N+](=O)[O-])C(F)(F)F. The van der Waals surface area contributed by atoms with Gasteiger partial charge in [-0.15, -0.1) is 0 Å². The first-order valence-electron chi connectivity index (χ1n) is 4.14. The van der Waals surface area contributed by atoms with Crippen molar-refractivity contribution >= 4 is 28.9 Å². The van der Waals surface area contributed by atoms with Crippen molar-refractivity contribution in [3.63, 3.8) is 0 Å². The van der Waals surface area contributed by atoms with E-state index in [4.69, 9.17) is 11.6 Å². The topological polar surface area (TPSA) is 72.2 Å². The van der Waals surface area contributed by atoms with Crippen LogP contribution >= 0.6 is 11.6 Å². The molecule has 0 bridgehead atoms. The van der Waals surface area contributed by atoms with E-state index in [0.29, 0.717) is 12.1 Å². The number of benzene rings is 1. The Bertz CT molecular complexity index is 518. The van der Waals surface area contributed by atoms with Crippen LogP contribution in [0.5, 0.6) is 0 Å². The van der Waals surface area contributed by atoms with Gasteiger partial charge in [0.2, 0.25) is 0 Å². The lowest BCUT2D eigenvalue weighted by molar-refractivity contribution is -0.384. The molecule has 0 fully saturated rings. The Hall–Kier alpha value is -1.90. The molecule has 0 aliphatic heterocycles. The summed E-state index contributed by atoms with van der Waals surface area (Å²) >= 11 is 5.24. The van der Waals surface area contributed by atoms with Crippen molar-refractivity contribution in [1.29, 1.82) is 0 Å². The Morgan fingerprint density at radius 3 is 2.39 bits per heavy atom. The van der Waals surface area contributed by atoms with Gasteiger partial charge in [-0.1, -0.05) is 11.6 Å². The van der Waals surface area contributed by atoms with E-state index in [9.17, 15) is 32.5 Å². The Labute approximate surface area is 101 Å². The van der Waals surface area contributed by atoms with Crippen molar-refractivity contribution in [3.05, 3.63) is 33.1 Å². The minimum atomic E-state index is -5.25.